The van der Waals surface area contributed by atoms with E-state index in [0.717, 1.165) is 6.42 Å². The lowest BCUT2D eigenvalue weighted by Gasteiger charge is -2.36. The second-order valence-corrected chi connectivity index (χ2v) is 9.51. The molecule has 0 saturated carbocycles. The molecule has 1 aromatic carbocycles. The molecular weight excluding hydrogens is 317 g/mol. The van der Waals surface area contributed by atoms with E-state index in [1.165, 1.54) is 6.07 Å². The number of para-hydroxylation sites is 1. The Bertz CT molecular complexity index is 625. The van der Waals surface area contributed by atoms with E-state index in [9.17, 15) is 12.8 Å². The Morgan fingerprint density at radius 1 is 1.35 bits per heavy atom. The first-order valence-electron chi connectivity index (χ1n) is 8.01. The topological polar surface area (TPSA) is 55.4 Å². The lowest BCUT2D eigenvalue weighted by atomic mass is 9.86. The van der Waals surface area contributed by atoms with Gasteiger partial charge in [-0.1, -0.05) is 32.9 Å². The van der Waals surface area contributed by atoms with Crippen molar-refractivity contribution in [3.63, 3.8) is 0 Å². The molecule has 130 valence electrons. The average Bonchev–Trinajstić information content (AvgIpc) is 2.42. The van der Waals surface area contributed by atoms with Crippen molar-refractivity contribution in [2.75, 3.05) is 18.1 Å². The fourth-order valence-corrected chi connectivity index (χ4v) is 4.37. The molecule has 2 atom stereocenters. The zero-order valence-electron chi connectivity index (χ0n) is 14.0. The van der Waals surface area contributed by atoms with Crippen LogP contribution < -0.4 is 10.1 Å². The van der Waals surface area contributed by atoms with Crippen molar-refractivity contribution in [3.8, 4) is 5.75 Å². The highest BCUT2D eigenvalue weighted by molar-refractivity contribution is 7.91. The normalized spacial score (nSPS) is 22.5. The molecule has 1 aliphatic heterocycles. The number of halogens is 1. The standard InChI is InChI=1S/C17H26FNO3S/c1-17(2,3)16(11-22-15-9-5-4-8-14(15)18)19-13-7-6-10-23(20,21)12-13/h4-5,8-9,13,16,19H,6-7,10-12H2,1-3H3/t13-,16+/m0/s1. The van der Waals surface area contributed by atoms with Crippen LogP contribution in [0.4, 0.5) is 4.39 Å². The SMILES string of the molecule is CC(C)(C)[C@@H](COc1ccccc1F)N[C@H]1CCCS(=O)(=O)C1. The van der Waals surface area contributed by atoms with Crippen molar-refractivity contribution in [3.05, 3.63) is 30.1 Å². The van der Waals surface area contributed by atoms with E-state index in [0.29, 0.717) is 13.0 Å². The number of rotatable bonds is 5. The summed E-state index contributed by atoms with van der Waals surface area (Å²) in [4.78, 5) is 0. The maximum Gasteiger partial charge on any atom is 0.165 e. The molecule has 4 nitrogen and oxygen atoms in total. The maximum absolute atomic E-state index is 13.7. The molecule has 1 saturated heterocycles. The Labute approximate surface area is 138 Å². The summed E-state index contributed by atoms with van der Waals surface area (Å²) in [6.07, 6.45) is 1.52. The summed E-state index contributed by atoms with van der Waals surface area (Å²) < 4.78 is 42.9. The molecule has 23 heavy (non-hydrogen) atoms. The van der Waals surface area contributed by atoms with Gasteiger partial charge in [-0.3, -0.25) is 0 Å². The van der Waals surface area contributed by atoms with E-state index in [-0.39, 0.29) is 40.6 Å². The van der Waals surface area contributed by atoms with Crippen LogP contribution in [0.5, 0.6) is 5.75 Å². The van der Waals surface area contributed by atoms with Crippen LogP contribution in [0.1, 0.15) is 33.6 Å². The molecule has 6 heteroatoms. The van der Waals surface area contributed by atoms with Crippen LogP contribution >= 0.6 is 0 Å². The van der Waals surface area contributed by atoms with Gasteiger partial charge >= 0.3 is 0 Å². The van der Waals surface area contributed by atoms with Gasteiger partial charge in [-0.05, 0) is 30.4 Å². The van der Waals surface area contributed by atoms with Gasteiger partial charge in [-0.15, -0.1) is 0 Å². The quantitative estimate of drug-likeness (QED) is 0.893. The van der Waals surface area contributed by atoms with Crippen LogP contribution in [0.3, 0.4) is 0 Å². The molecule has 0 amide bonds. The van der Waals surface area contributed by atoms with Gasteiger partial charge in [0, 0.05) is 12.1 Å². The Kier molecular flexibility index (Phi) is 5.68. The molecule has 1 N–H and O–H groups in total. The predicted molar refractivity (Wildman–Crippen MR) is 89.9 cm³/mol. The molecule has 0 radical (unpaired) electrons. The van der Waals surface area contributed by atoms with Gasteiger partial charge in [0.1, 0.15) is 6.61 Å². The third-order valence-electron chi connectivity index (χ3n) is 4.19. The summed E-state index contributed by atoms with van der Waals surface area (Å²) >= 11 is 0. The Morgan fingerprint density at radius 2 is 2.04 bits per heavy atom. The lowest BCUT2D eigenvalue weighted by Crippen LogP contribution is -2.52. The first kappa shape index (κ1) is 18.2. The largest absolute Gasteiger partial charge is 0.489 e. The molecule has 1 fully saturated rings. The number of sulfone groups is 1. The van der Waals surface area contributed by atoms with Crippen LogP contribution in [0.2, 0.25) is 0 Å². The molecule has 2 rings (SSSR count). The van der Waals surface area contributed by atoms with Gasteiger partial charge in [0.2, 0.25) is 0 Å². The van der Waals surface area contributed by atoms with Crippen molar-refractivity contribution in [2.24, 2.45) is 5.41 Å². The summed E-state index contributed by atoms with van der Waals surface area (Å²) in [5, 5.41) is 3.41. The third kappa shape index (κ3) is 5.46. The zero-order chi connectivity index (χ0) is 17.1. The number of hydrogen-bond donors (Lipinski definition) is 1. The zero-order valence-corrected chi connectivity index (χ0v) is 14.8. The second-order valence-electron chi connectivity index (χ2n) is 7.28. The predicted octanol–water partition coefficient (Wildman–Crippen LogP) is 2.79. The molecule has 0 spiro atoms. The highest BCUT2D eigenvalue weighted by Gasteiger charge is 2.31. The summed E-state index contributed by atoms with van der Waals surface area (Å²) in [5.74, 6) is 0.274. The van der Waals surface area contributed by atoms with Gasteiger partial charge in [-0.2, -0.15) is 0 Å². The van der Waals surface area contributed by atoms with Gasteiger partial charge in [0.05, 0.1) is 11.5 Å². The lowest BCUT2D eigenvalue weighted by molar-refractivity contribution is 0.158. The Balaban J connectivity index is 2.02. The monoisotopic (exact) mass is 343 g/mol. The van der Waals surface area contributed by atoms with E-state index in [1.54, 1.807) is 18.2 Å². The summed E-state index contributed by atoms with van der Waals surface area (Å²) in [7, 11) is -2.96. The van der Waals surface area contributed by atoms with E-state index >= 15 is 0 Å². The molecular formula is C17H26FNO3S. The van der Waals surface area contributed by atoms with Crippen molar-refractivity contribution < 1.29 is 17.5 Å². The molecule has 1 heterocycles. The number of nitrogens with one attached hydrogen (secondary N) is 1. The van der Waals surface area contributed by atoms with Crippen LogP contribution in [-0.4, -0.2) is 38.6 Å². The molecule has 1 aromatic rings. The summed E-state index contributed by atoms with van der Waals surface area (Å²) in [6.45, 7) is 6.48. The minimum absolute atomic E-state index is 0.0674. The minimum Gasteiger partial charge on any atom is -0.489 e. The van der Waals surface area contributed by atoms with Gasteiger partial charge in [0.15, 0.2) is 21.4 Å². The average molecular weight is 343 g/mol. The Morgan fingerprint density at radius 3 is 2.65 bits per heavy atom. The maximum atomic E-state index is 13.7. The van der Waals surface area contributed by atoms with Gasteiger partial charge < -0.3 is 10.1 Å². The molecule has 0 aliphatic carbocycles. The van der Waals surface area contributed by atoms with Gasteiger partial charge in [0.25, 0.3) is 0 Å². The fraction of sp³-hybridized carbons (Fsp3) is 0.647. The first-order chi connectivity index (χ1) is 10.7. The van der Waals surface area contributed by atoms with Crippen LogP contribution in [0, 0.1) is 11.2 Å². The number of benzene rings is 1. The van der Waals surface area contributed by atoms with Crippen molar-refractivity contribution in [1.82, 2.24) is 5.32 Å². The molecule has 0 bridgehead atoms. The van der Waals surface area contributed by atoms with E-state index in [1.807, 2.05) is 0 Å². The van der Waals surface area contributed by atoms with Crippen molar-refractivity contribution >= 4 is 9.84 Å². The number of hydrogen-bond acceptors (Lipinski definition) is 4. The molecule has 0 unspecified atom stereocenters. The van der Waals surface area contributed by atoms with E-state index in [4.69, 9.17) is 4.74 Å². The van der Waals surface area contributed by atoms with E-state index in [2.05, 4.69) is 26.1 Å². The third-order valence-corrected chi connectivity index (χ3v) is 6.01. The molecule has 0 aromatic heterocycles. The van der Waals surface area contributed by atoms with Crippen molar-refractivity contribution in [2.45, 2.75) is 45.7 Å². The van der Waals surface area contributed by atoms with Crippen LogP contribution in [0.15, 0.2) is 24.3 Å². The highest BCUT2D eigenvalue weighted by atomic mass is 32.2. The first-order valence-corrected chi connectivity index (χ1v) is 9.83. The van der Waals surface area contributed by atoms with E-state index < -0.39 is 9.84 Å². The van der Waals surface area contributed by atoms with Crippen LogP contribution in [-0.2, 0) is 9.84 Å². The summed E-state index contributed by atoms with van der Waals surface area (Å²) in [6, 6.07) is 6.17. The fourth-order valence-electron chi connectivity index (χ4n) is 2.72. The summed E-state index contributed by atoms with van der Waals surface area (Å²) in [5.41, 5.74) is -0.132. The van der Waals surface area contributed by atoms with Gasteiger partial charge in [-0.25, -0.2) is 12.8 Å². The second kappa shape index (κ2) is 7.18. The number of ether oxygens (including phenoxy) is 1. The Hall–Kier alpha value is -1.14. The van der Waals surface area contributed by atoms with Crippen molar-refractivity contribution in [1.29, 1.82) is 0 Å². The molecule has 1 aliphatic rings. The van der Waals surface area contributed by atoms with Crippen LogP contribution in [0.25, 0.3) is 0 Å². The highest BCUT2D eigenvalue weighted by Crippen LogP contribution is 2.24. The minimum atomic E-state index is -2.96. The smallest absolute Gasteiger partial charge is 0.165 e.